The Bertz CT molecular complexity index is 1570. The van der Waals surface area contributed by atoms with Crippen LogP contribution < -0.4 is 5.73 Å². The molecule has 0 amide bonds. The van der Waals surface area contributed by atoms with E-state index in [-0.39, 0.29) is 0 Å². The summed E-state index contributed by atoms with van der Waals surface area (Å²) in [5.41, 5.74) is 15.1. The van der Waals surface area contributed by atoms with Gasteiger partial charge in [0.15, 0.2) is 0 Å². The van der Waals surface area contributed by atoms with Crippen LogP contribution in [-0.2, 0) is 0 Å². The molecule has 2 aromatic heterocycles. The Morgan fingerprint density at radius 1 is 0.500 bits per heavy atom. The Labute approximate surface area is 196 Å². The zero-order chi connectivity index (χ0) is 22.9. The summed E-state index contributed by atoms with van der Waals surface area (Å²) in [4.78, 5) is 0. The number of aromatic nitrogens is 4. The zero-order valence-corrected chi connectivity index (χ0v) is 18.3. The van der Waals surface area contributed by atoms with Gasteiger partial charge in [-0.1, -0.05) is 109 Å². The molecule has 0 fully saturated rings. The van der Waals surface area contributed by atoms with E-state index in [1.54, 1.807) is 0 Å². The molecule has 0 aliphatic carbocycles. The third kappa shape index (κ3) is 3.49. The summed E-state index contributed by atoms with van der Waals surface area (Å²) < 4.78 is 0. The van der Waals surface area contributed by atoms with E-state index < -0.39 is 0 Å². The Morgan fingerprint density at radius 2 is 0.971 bits per heavy atom. The first-order valence-corrected chi connectivity index (χ1v) is 11.1. The van der Waals surface area contributed by atoms with Crippen molar-refractivity contribution in [2.75, 3.05) is 5.73 Å². The van der Waals surface area contributed by atoms with Crippen molar-refractivity contribution in [1.82, 2.24) is 20.4 Å². The summed E-state index contributed by atoms with van der Waals surface area (Å²) in [5, 5.41) is 16.8. The van der Waals surface area contributed by atoms with Crippen molar-refractivity contribution in [2.45, 2.75) is 0 Å². The average Bonchev–Trinajstić information content (AvgIpc) is 3.30. The molecule has 6 rings (SSSR count). The number of fused-ring (bicyclic) bond motifs is 1. The molecule has 0 spiro atoms. The molecule has 0 aliphatic rings. The standard InChI is InChI=1S/C29H21N5/c30-28-26-25(23-15-11-21(12-16-23)19-7-3-1-4-8-19)27(31-33-29(26)34-32-28)24-17-13-22(14-18-24)20-9-5-2-6-10-20/h1-18H,(H3,30,32,33,34). The van der Waals surface area contributed by atoms with E-state index in [1.165, 1.54) is 11.1 Å². The number of hydrogen-bond donors (Lipinski definition) is 2. The number of H-pyrrole nitrogens is 1. The monoisotopic (exact) mass is 439 g/mol. The Hall–Kier alpha value is -4.77. The number of rotatable bonds is 4. The van der Waals surface area contributed by atoms with E-state index in [9.17, 15) is 0 Å². The molecule has 0 radical (unpaired) electrons. The average molecular weight is 440 g/mol. The third-order valence-corrected chi connectivity index (χ3v) is 6.05. The highest BCUT2D eigenvalue weighted by molar-refractivity contribution is 6.05. The molecular formula is C29H21N5. The van der Waals surface area contributed by atoms with Gasteiger partial charge in [0.05, 0.1) is 5.39 Å². The number of nitrogens with zero attached hydrogens (tertiary/aromatic N) is 3. The lowest BCUT2D eigenvalue weighted by molar-refractivity contribution is 1.03. The first-order chi connectivity index (χ1) is 16.8. The van der Waals surface area contributed by atoms with Crippen LogP contribution in [0.15, 0.2) is 109 Å². The molecule has 0 aliphatic heterocycles. The summed E-state index contributed by atoms with van der Waals surface area (Å²) in [5.74, 6) is 0.481. The van der Waals surface area contributed by atoms with E-state index in [4.69, 9.17) is 5.73 Å². The molecule has 0 atom stereocenters. The van der Waals surface area contributed by atoms with Crippen molar-refractivity contribution in [3.63, 3.8) is 0 Å². The van der Waals surface area contributed by atoms with Crippen LogP contribution in [0.25, 0.3) is 55.7 Å². The fraction of sp³-hybridized carbons (Fsp3) is 0. The van der Waals surface area contributed by atoms with E-state index in [2.05, 4.69) is 93.2 Å². The second-order valence-electron chi connectivity index (χ2n) is 8.15. The van der Waals surface area contributed by atoms with Crippen molar-refractivity contribution in [3.8, 4) is 44.6 Å². The molecule has 34 heavy (non-hydrogen) atoms. The highest BCUT2D eigenvalue weighted by atomic mass is 15.2. The highest BCUT2D eigenvalue weighted by Gasteiger charge is 2.19. The first-order valence-electron chi connectivity index (χ1n) is 11.1. The minimum absolute atomic E-state index is 0.481. The number of nitrogen functional groups attached to an aromatic ring is 1. The van der Waals surface area contributed by atoms with Crippen LogP contribution in [0, 0.1) is 0 Å². The van der Waals surface area contributed by atoms with Crippen molar-refractivity contribution < 1.29 is 0 Å². The molecule has 6 aromatic rings. The van der Waals surface area contributed by atoms with E-state index in [1.807, 2.05) is 36.4 Å². The maximum absolute atomic E-state index is 6.30. The first kappa shape index (κ1) is 19.9. The van der Waals surface area contributed by atoms with Gasteiger partial charge in [0, 0.05) is 11.1 Å². The third-order valence-electron chi connectivity index (χ3n) is 6.05. The molecule has 5 heteroatoms. The number of aromatic amines is 1. The molecule has 162 valence electrons. The van der Waals surface area contributed by atoms with Gasteiger partial charge in [-0.05, 0) is 27.8 Å². The number of nitrogens with two attached hydrogens (primary N) is 1. The van der Waals surface area contributed by atoms with Gasteiger partial charge in [-0.2, -0.15) is 5.10 Å². The van der Waals surface area contributed by atoms with Gasteiger partial charge in [-0.25, -0.2) is 0 Å². The van der Waals surface area contributed by atoms with Gasteiger partial charge in [0.25, 0.3) is 0 Å². The smallest absolute Gasteiger partial charge is 0.205 e. The van der Waals surface area contributed by atoms with E-state index in [0.29, 0.717) is 11.5 Å². The molecule has 3 N–H and O–H groups in total. The SMILES string of the molecule is Nc1[nH]nc2nnc(-c3ccc(-c4ccccc4)cc3)c(-c3ccc(-c4ccccc4)cc3)c12. The summed E-state index contributed by atoms with van der Waals surface area (Å²) in [6.45, 7) is 0. The fourth-order valence-electron chi connectivity index (χ4n) is 4.32. The number of hydrogen-bond acceptors (Lipinski definition) is 4. The zero-order valence-electron chi connectivity index (χ0n) is 18.3. The number of benzene rings is 4. The van der Waals surface area contributed by atoms with Crippen molar-refractivity contribution in [3.05, 3.63) is 109 Å². The van der Waals surface area contributed by atoms with Crippen molar-refractivity contribution in [1.29, 1.82) is 0 Å². The predicted octanol–water partition coefficient (Wildman–Crippen LogP) is 6.60. The lowest BCUT2D eigenvalue weighted by Gasteiger charge is -2.12. The van der Waals surface area contributed by atoms with Gasteiger partial charge in [-0.3, -0.25) is 5.10 Å². The molecule has 5 nitrogen and oxygen atoms in total. The minimum atomic E-state index is 0.481. The van der Waals surface area contributed by atoms with Crippen molar-refractivity contribution in [2.24, 2.45) is 0 Å². The summed E-state index contributed by atoms with van der Waals surface area (Å²) in [6.07, 6.45) is 0. The lowest BCUT2D eigenvalue weighted by Crippen LogP contribution is -1.96. The second kappa shape index (κ2) is 8.30. The summed E-state index contributed by atoms with van der Waals surface area (Å²) >= 11 is 0. The Morgan fingerprint density at radius 3 is 1.53 bits per heavy atom. The Kier molecular flexibility index (Phi) is 4.85. The van der Waals surface area contributed by atoms with Gasteiger partial charge in [0.2, 0.25) is 5.65 Å². The molecule has 0 saturated carbocycles. The predicted molar refractivity (Wildman–Crippen MR) is 138 cm³/mol. The topological polar surface area (TPSA) is 80.5 Å². The van der Waals surface area contributed by atoms with E-state index >= 15 is 0 Å². The second-order valence-corrected chi connectivity index (χ2v) is 8.15. The highest BCUT2D eigenvalue weighted by Crippen LogP contribution is 2.38. The van der Waals surface area contributed by atoms with Gasteiger partial charge in [0.1, 0.15) is 11.5 Å². The van der Waals surface area contributed by atoms with Crippen LogP contribution >= 0.6 is 0 Å². The van der Waals surface area contributed by atoms with Gasteiger partial charge >= 0.3 is 0 Å². The summed E-state index contributed by atoms with van der Waals surface area (Å²) in [7, 11) is 0. The maximum Gasteiger partial charge on any atom is 0.205 e. The Balaban J connectivity index is 1.48. The molecule has 0 unspecified atom stereocenters. The molecule has 0 saturated heterocycles. The van der Waals surface area contributed by atoms with Crippen LogP contribution in [0.3, 0.4) is 0 Å². The maximum atomic E-state index is 6.30. The van der Waals surface area contributed by atoms with Crippen LogP contribution in [0.2, 0.25) is 0 Å². The minimum Gasteiger partial charge on any atom is -0.383 e. The summed E-state index contributed by atoms with van der Waals surface area (Å²) in [6, 6.07) is 37.5. The number of anilines is 1. The van der Waals surface area contributed by atoms with Crippen molar-refractivity contribution >= 4 is 16.9 Å². The van der Waals surface area contributed by atoms with Crippen LogP contribution in [-0.4, -0.2) is 20.4 Å². The lowest BCUT2D eigenvalue weighted by atomic mass is 9.94. The van der Waals surface area contributed by atoms with E-state index in [0.717, 1.165) is 38.9 Å². The fourth-order valence-corrected chi connectivity index (χ4v) is 4.32. The largest absolute Gasteiger partial charge is 0.383 e. The normalized spacial score (nSPS) is 11.1. The molecule has 4 aromatic carbocycles. The van der Waals surface area contributed by atoms with Crippen LogP contribution in [0.5, 0.6) is 0 Å². The quantitative estimate of drug-likeness (QED) is 0.324. The molecular weight excluding hydrogens is 418 g/mol. The van der Waals surface area contributed by atoms with Gasteiger partial charge < -0.3 is 5.73 Å². The number of nitrogens with one attached hydrogen (secondary N) is 1. The molecule has 2 heterocycles. The molecule has 0 bridgehead atoms. The van der Waals surface area contributed by atoms with Crippen LogP contribution in [0.4, 0.5) is 5.82 Å². The van der Waals surface area contributed by atoms with Gasteiger partial charge in [-0.15, -0.1) is 10.2 Å². The van der Waals surface area contributed by atoms with Crippen LogP contribution in [0.1, 0.15) is 0 Å².